The average molecular weight is 442 g/mol. The summed E-state index contributed by atoms with van der Waals surface area (Å²) in [4.78, 5) is 17.1. The minimum atomic E-state index is -0.287. The second-order valence-electron chi connectivity index (χ2n) is 7.20. The molecule has 0 fully saturated rings. The predicted molar refractivity (Wildman–Crippen MR) is 129 cm³/mol. The van der Waals surface area contributed by atoms with E-state index < -0.39 is 0 Å². The second kappa shape index (κ2) is 10.5. The number of hydrogen-bond donors (Lipinski definition) is 2. The van der Waals surface area contributed by atoms with Crippen LogP contribution in [-0.2, 0) is 6.42 Å². The smallest absolute Gasteiger partial charge is 0.257 e. The summed E-state index contributed by atoms with van der Waals surface area (Å²) in [7, 11) is 0. The molecule has 1 amide bonds. The zero-order valence-electron chi connectivity index (χ0n) is 17.5. The normalized spacial score (nSPS) is 11.8. The van der Waals surface area contributed by atoms with Crippen LogP contribution in [0.4, 0.5) is 5.13 Å². The van der Waals surface area contributed by atoms with Crippen LogP contribution in [0.25, 0.3) is 10.2 Å². The molecule has 3 aromatic rings. The Hall–Kier alpha value is -2.51. The summed E-state index contributed by atoms with van der Waals surface area (Å²) in [5.41, 5.74) is 2.73. The van der Waals surface area contributed by atoms with Crippen LogP contribution in [0.5, 0.6) is 5.75 Å². The molecule has 1 unspecified atom stereocenters. The van der Waals surface area contributed by atoms with Gasteiger partial charge in [0.2, 0.25) is 0 Å². The van der Waals surface area contributed by atoms with Gasteiger partial charge in [0.05, 0.1) is 16.3 Å². The number of carbonyl (C=O) groups is 1. The number of anilines is 1. The lowest BCUT2D eigenvalue weighted by Gasteiger charge is -2.13. The van der Waals surface area contributed by atoms with E-state index >= 15 is 0 Å². The van der Waals surface area contributed by atoms with Gasteiger partial charge in [0.15, 0.2) is 10.2 Å². The van der Waals surface area contributed by atoms with Crippen LogP contribution in [0.15, 0.2) is 42.5 Å². The number of nitrogens with one attached hydrogen (secondary N) is 2. The lowest BCUT2D eigenvalue weighted by molar-refractivity contribution is 0.0977. The van der Waals surface area contributed by atoms with Crippen molar-refractivity contribution in [1.82, 2.24) is 10.3 Å². The topological polar surface area (TPSA) is 63.2 Å². The van der Waals surface area contributed by atoms with E-state index in [1.807, 2.05) is 19.1 Å². The van der Waals surface area contributed by atoms with Crippen LogP contribution in [0.2, 0.25) is 0 Å². The molecular weight excluding hydrogens is 414 g/mol. The largest absolute Gasteiger partial charge is 0.491 e. The Kier molecular flexibility index (Phi) is 7.76. The highest BCUT2D eigenvalue weighted by atomic mass is 32.1. The van der Waals surface area contributed by atoms with Crippen molar-refractivity contribution in [2.75, 3.05) is 5.32 Å². The number of nitrogens with zero attached hydrogens (tertiary/aromatic N) is 1. The van der Waals surface area contributed by atoms with Crippen molar-refractivity contribution in [1.29, 1.82) is 0 Å². The Balaban J connectivity index is 1.62. The fourth-order valence-electron chi connectivity index (χ4n) is 2.89. The molecule has 1 atom stereocenters. The fraction of sp³-hybridized carbons (Fsp3) is 0.348. The number of aromatic nitrogens is 1. The number of thiazole rings is 1. The summed E-state index contributed by atoms with van der Waals surface area (Å²) in [5.74, 6) is 0.381. The first-order valence-corrected chi connectivity index (χ1v) is 11.5. The first-order valence-electron chi connectivity index (χ1n) is 10.3. The number of fused-ring (bicyclic) bond motifs is 1. The Labute approximate surface area is 186 Å². The predicted octanol–water partition coefficient (Wildman–Crippen LogP) is 5.94. The van der Waals surface area contributed by atoms with Crippen LogP contribution in [0.3, 0.4) is 0 Å². The van der Waals surface area contributed by atoms with E-state index in [-0.39, 0.29) is 17.1 Å². The summed E-state index contributed by atoms with van der Waals surface area (Å²) in [6.45, 7) is 6.24. The number of rotatable bonds is 8. The van der Waals surface area contributed by atoms with Gasteiger partial charge in [-0.3, -0.25) is 10.1 Å². The quantitative estimate of drug-likeness (QED) is 0.423. The standard InChI is InChI=1S/C23H27N3O2S2/c1-4-6-8-16-11-12-19-20(13-16)30-23(24-19)26-22(29)25-21(27)17-9-7-10-18(14-17)28-15(3)5-2/h7,9-15H,4-6,8H2,1-3H3,(H2,24,25,26,27,29). The molecule has 7 heteroatoms. The molecule has 0 radical (unpaired) electrons. The summed E-state index contributed by atoms with van der Waals surface area (Å²) >= 11 is 6.84. The summed E-state index contributed by atoms with van der Waals surface area (Å²) in [6, 6.07) is 13.4. The molecule has 0 aliphatic rings. The van der Waals surface area contributed by atoms with Crippen LogP contribution in [-0.4, -0.2) is 22.1 Å². The zero-order valence-corrected chi connectivity index (χ0v) is 19.2. The van der Waals surface area contributed by atoms with Crippen molar-refractivity contribution in [2.24, 2.45) is 0 Å². The first-order chi connectivity index (χ1) is 14.5. The minimum Gasteiger partial charge on any atom is -0.491 e. The molecule has 30 heavy (non-hydrogen) atoms. The highest BCUT2D eigenvalue weighted by Gasteiger charge is 2.12. The van der Waals surface area contributed by atoms with Crippen LogP contribution in [0, 0.1) is 0 Å². The highest BCUT2D eigenvalue weighted by molar-refractivity contribution is 7.80. The minimum absolute atomic E-state index is 0.0904. The van der Waals surface area contributed by atoms with Crippen molar-refractivity contribution in [2.45, 2.75) is 52.6 Å². The molecule has 158 valence electrons. The van der Waals surface area contributed by atoms with Gasteiger partial charge in [-0.15, -0.1) is 0 Å². The number of carbonyl (C=O) groups excluding carboxylic acids is 1. The summed E-state index contributed by atoms with van der Waals surface area (Å²) in [6.07, 6.45) is 4.41. The van der Waals surface area contributed by atoms with Gasteiger partial charge in [-0.25, -0.2) is 4.98 Å². The van der Waals surface area contributed by atoms with Crippen molar-refractivity contribution >= 4 is 49.9 Å². The molecule has 0 saturated carbocycles. The maximum absolute atomic E-state index is 12.6. The third-order valence-electron chi connectivity index (χ3n) is 4.73. The van der Waals surface area contributed by atoms with E-state index in [2.05, 4.69) is 41.6 Å². The Morgan fingerprint density at radius 3 is 2.83 bits per heavy atom. The molecule has 1 heterocycles. The molecule has 2 aromatic carbocycles. The van der Waals surface area contributed by atoms with Gasteiger partial charge in [-0.05, 0) is 74.3 Å². The van der Waals surface area contributed by atoms with E-state index in [1.165, 1.54) is 29.7 Å². The number of amides is 1. The van der Waals surface area contributed by atoms with Gasteiger partial charge in [0, 0.05) is 5.56 Å². The van der Waals surface area contributed by atoms with Crippen LogP contribution >= 0.6 is 23.6 Å². The molecule has 3 rings (SSSR count). The molecule has 0 saturated heterocycles. The molecule has 0 bridgehead atoms. The molecule has 0 aliphatic heterocycles. The second-order valence-corrected chi connectivity index (χ2v) is 8.64. The lowest BCUT2D eigenvalue weighted by Crippen LogP contribution is -2.34. The molecule has 1 aromatic heterocycles. The van der Waals surface area contributed by atoms with E-state index in [1.54, 1.807) is 18.2 Å². The highest BCUT2D eigenvalue weighted by Crippen LogP contribution is 2.27. The van der Waals surface area contributed by atoms with Crippen LogP contribution in [0.1, 0.15) is 56.0 Å². The summed E-state index contributed by atoms with van der Waals surface area (Å²) in [5, 5.41) is 6.63. The number of aryl methyl sites for hydroxylation is 1. The number of unbranched alkanes of at least 4 members (excludes halogenated alkanes) is 1. The van der Waals surface area contributed by atoms with Gasteiger partial charge in [-0.2, -0.15) is 0 Å². The van der Waals surface area contributed by atoms with Gasteiger partial charge in [-0.1, -0.05) is 43.7 Å². The van der Waals surface area contributed by atoms with E-state index in [9.17, 15) is 4.79 Å². The molecule has 2 N–H and O–H groups in total. The lowest BCUT2D eigenvalue weighted by atomic mass is 10.1. The molecule has 0 spiro atoms. The van der Waals surface area contributed by atoms with Gasteiger partial charge < -0.3 is 10.1 Å². The molecular formula is C23H27N3O2S2. The van der Waals surface area contributed by atoms with Crippen molar-refractivity contribution in [3.8, 4) is 5.75 Å². The van der Waals surface area contributed by atoms with Crippen molar-refractivity contribution in [3.05, 3.63) is 53.6 Å². The fourth-order valence-corrected chi connectivity index (χ4v) is 4.08. The van der Waals surface area contributed by atoms with Gasteiger partial charge in [0.1, 0.15) is 5.75 Å². The summed E-state index contributed by atoms with van der Waals surface area (Å²) < 4.78 is 6.89. The first kappa shape index (κ1) is 22.2. The maximum atomic E-state index is 12.6. The monoisotopic (exact) mass is 441 g/mol. The Morgan fingerprint density at radius 2 is 2.07 bits per heavy atom. The number of ether oxygens (including phenoxy) is 1. The van der Waals surface area contributed by atoms with Crippen molar-refractivity contribution in [3.63, 3.8) is 0 Å². The van der Waals surface area contributed by atoms with Crippen molar-refractivity contribution < 1.29 is 9.53 Å². The molecule has 0 aliphatic carbocycles. The van der Waals surface area contributed by atoms with E-state index in [4.69, 9.17) is 17.0 Å². The van der Waals surface area contributed by atoms with Gasteiger partial charge in [0.25, 0.3) is 5.91 Å². The third kappa shape index (κ3) is 6.00. The van der Waals surface area contributed by atoms with E-state index in [0.29, 0.717) is 16.4 Å². The Bertz CT molecular complexity index is 1030. The molecule has 5 nitrogen and oxygen atoms in total. The average Bonchev–Trinajstić information content (AvgIpc) is 3.13. The van der Waals surface area contributed by atoms with Gasteiger partial charge >= 0.3 is 0 Å². The SMILES string of the molecule is CCCCc1ccc2nc(NC(=S)NC(=O)c3cccc(OC(C)CC)c3)sc2c1. The number of hydrogen-bond acceptors (Lipinski definition) is 5. The van der Waals surface area contributed by atoms with Crippen LogP contribution < -0.4 is 15.4 Å². The third-order valence-corrected chi connectivity index (χ3v) is 5.87. The zero-order chi connectivity index (χ0) is 21.5. The number of benzene rings is 2. The Morgan fingerprint density at radius 1 is 1.23 bits per heavy atom. The van der Waals surface area contributed by atoms with E-state index in [0.717, 1.165) is 23.1 Å². The maximum Gasteiger partial charge on any atom is 0.257 e. The number of thiocarbonyl (C=S) groups is 1.